The Morgan fingerprint density at radius 3 is 2.22 bits per heavy atom. The molecule has 7 atom stereocenters. The SMILES string of the molecule is C[C@]12C=CC(=O)O[C@@H]1CC[C@@H]1[C@@H]2CC[C@]2(C)[C@@H](C(=O)Nc3c(C(F)(F)F)cccc3C(F)(F)F)CC[C@@H]12. The highest BCUT2D eigenvalue weighted by Crippen LogP contribution is 2.65. The summed E-state index contributed by atoms with van der Waals surface area (Å²) in [5.74, 6) is -1.30. The number of fused-ring (bicyclic) bond motifs is 5. The lowest BCUT2D eigenvalue weighted by molar-refractivity contribution is -0.167. The number of benzene rings is 1. The molecular weight excluding hydrogens is 500 g/mol. The van der Waals surface area contributed by atoms with Crippen molar-refractivity contribution in [2.45, 2.75) is 70.8 Å². The number of amides is 1. The first kappa shape index (κ1) is 26.1. The summed E-state index contributed by atoms with van der Waals surface area (Å²) in [7, 11) is 0. The number of rotatable bonds is 2. The van der Waals surface area contributed by atoms with E-state index in [-0.39, 0.29) is 35.2 Å². The summed E-state index contributed by atoms with van der Waals surface area (Å²) in [6, 6.07) is 1.81. The molecule has 202 valence electrons. The number of carbonyl (C=O) groups is 2. The van der Waals surface area contributed by atoms with Gasteiger partial charge in [0.05, 0.1) is 16.8 Å². The van der Waals surface area contributed by atoms with E-state index in [1.54, 1.807) is 0 Å². The van der Waals surface area contributed by atoms with Gasteiger partial charge in [0.1, 0.15) is 6.10 Å². The normalized spacial score (nSPS) is 37.3. The Morgan fingerprint density at radius 1 is 0.946 bits per heavy atom. The number of para-hydroxylation sites is 1. The number of nitrogens with one attached hydrogen (secondary N) is 1. The van der Waals surface area contributed by atoms with Crippen molar-refractivity contribution in [3.8, 4) is 0 Å². The van der Waals surface area contributed by atoms with E-state index in [2.05, 4.69) is 12.2 Å². The van der Waals surface area contributed by atoms with Gasteiger partial charge in [-0.25, -0.2) is 4.79 Å². The van der Waals surface area contributed by atoms with Gasteiger partial charge in [0.2, 0.25) is 5.91 Å². The van der Waals surface area contributed by atoms with Crippen LogP contribution in [0.2, 0.25) is 0 Å². The van der Waals surface area contributed by atoms with E-state index in [1.807, 2.05) is 13.0 Å². The second-order valence-electron chi connectivity index (χ2n) is 11.5. The molecule has 4 nitrogen and oxygen atoms in total. The zero-order valence-corrected chi connectivity index (χ0v) is 20.5. The van der Waals surface area contributed by atoms with Crippen LogP contribution in [-0.4, -0.2) is 18.0 Å². The van der Waals surface area contributed by atoms with E-state index in [4.69, 9.17) is 4.74 Å². The van der Waals surface area contributed by atoms with Crippen LogP contribution >= 0.6 is 0 Å². The molecule has 10 heteroatoms. The molecule has 1 N–H and O–H groups in total. The molecule has 0 saturated heterocycles. The zero-order chi connectivity index (χ0) is 27.0. The van der Waals surface area contributed by atoms with Gasteiger partial charge in [0, 0.05) is 17.4 Å². The minimum atomic E-state index is -5.06. The molecular formula is C27H29F6NO3. The van der Waals surface area contributed by atoms with Gasteiger partial charge in [0.15, 0.2) is 0 Å². The van der Waals surface area contributed by atoms with Crippen molar-refractivity contribution < 1.29 is 40.7 Å². The van der Waals surface area contributed by atoms with Crippen molar-refractivity contribution in [2.24, 2.45) is 34.5 Å². The van der Waals surface area contributed by atoms with Crippen molar-refractivity contribution in [2.75, 3.05) is 5.32 Å². The Hall–Kier alpha value is -2.52. The Kier molecular flexibility index (Phi) is 5.99. The van der Waals surface area contributed by atoms with Crippen LogP contribution in [0.1, 0.15) is 63.5 Å². The number of halogens is 6. The van der Waals surface area contributed by atoms with E-state index in [1.165, 1.54) is 6.08 Å². The highest BCUT2D eigenvalue weighted by molar-refractivity contribution is 5.95. The fraction of sp³-hybridized carbons (Fsp3) is 0.630. The molecule has 3 fully saturated rings. The van der Waals surface area contributed by atoms with Crippen molar-refractivity contribution in [3.63, 3.8) is 0 Å². The maximum Gasteiger partial charge on any atom is 0.418 e. The van der Waals surface area contributed by atoms with Crippen LogP contribution < -0.4 is 5.32 Å². The van der Waals surface area contributed by atoms with Gasteiger partial charge in [-0.05, 0) is 73.8 Å². The lowest BCUT2D eigenvalue weighted by Gasteiger charge is -2.58. The van der Waals surface area contributed by atoms with Crippen molar-refractivity contribution >= 4 is 17.6 Å². The summed E-state index contributed by atoms with van der Waals surface area (Å²) in [4.78, 5) is 25.2. The fourth-order valence-corrected chi connectivity index (χ4v) is 8.00. The minimum absolute atomic E-state index is 0.103. The van der Waals surface area contributed by atoms with Crippen molar-refractivity contribution in [1.82, 2.24) is 0 Å². The standard InChI is InChI=1S/C27H29F6NO3/c1-24-12-10-16-14(6-9-20-25(16,2)13-11-21(35)37-20)15(24)7-8-19(24)23(36)34-22-17(26(28,29)30)4-3-5-18(22)27(31,32)33/h3-5,11,13-16,19-20H,6-10,12H2,1-2H3,(H,34,36)/t14-,15-,16-,19+,20+,24-,25+/m0/s1. The van der Waals surface area contributed by atoms with E-state index in [0.29, 0.717) is 43.9 Å². The van der Waals surface area contributed by atoms with Crippen molar-refractivity contribution in [3.05, 3.63) is 41.5 Å². The van der Waals surface area contributed by atoms with Crippen LogP contribution in [0.5, 0.6) is 0 Å². The summed E-state index contributed by atoms with van der Waals surface area (Å²) >= 11 is 0. The quantitative estimate of drug-likeness (QED) is 0.332. The maximum atomic E-state index is 13.6. The molecule has 1 amide bonds. The number of carbonyl (C=O) groups excluding carboxylic acids is 2. The highest BCUT2D eigenvalue weighted by Gasteiger charge is 2.61. The van der Waals surface area contributed by atoms with Gasteiger partial charge in [-0.1, -0.05) is 26.0 Å². The predicted molar refractivity (Wildman–Crippen MR) is 122 cm³/mol. The molecule has 37 heavy (non-hydrogen) atoms. The smallest absolute Gasteiger partial charge is 0.418 e. The molecule has 0 radical (unpaired) electrons. The molecule has 0 unspecified atom stereocenters. The molecule has 1 aromatic carbocycles. The van der Waals surface area contributed by atoms with Crippen molar-refractivity contribution in [1.29, 1.82) is 0 Å². The molecule has 1 aliphatic heterocycles. The minimum Gasteiger partial charge on any atom is -0.458 e. The van der Waals surface area contributed by atoms with Gasteiger partial charge >= 0.3 is 18.3 Å². The van der Waals surface area contributed by atoms with Crippen LogP contribution in [0.25, 0.3) is 0 Å². The molecule has 5 rings (SSSR count). The second-order valence-corrected chi connectivity index (χ2v) is 11.5. The summed E-state index contributed by atoms with van der Waals surface area (Å²) in [5, 5.41) is 2.07. The third-order valence-corrected chi connectivity index (χ3v) is 9.77. The Labute approximate surface area is 210 Å². The number of anilines is 1. The van der Waals surface area contributed by atoms with Gasteiger partial charge < -0.3 is 10.1 Å². The highest BCUT2D eigenvalue weighted by atomic mass is 19.4. The molecule has 3 saturated carbocycles. The molecule has 0 spiro atoms. The van der Waals surface area contributed by atoms with E-state index < -0.39 is 46.4 Å². The summed E-state index contributed by atoms with van der Waals surface area (Å²) < 4.78 is 87.3. The molecule has 0 aromatic heterocycles. The number of hydrogen-bond acceptors (Lipinski definition) is 3. The zero-order valence-electron chi connectivity index (χ0n) is 20.5. The lowest BCUT2D eigenvalue weighted by Crippen LogP contribution is -2.55. The van der Waals surface area contributed by atoms with Gasteiger partial charge in [-0.2, -0.15) is 26.3 Å². The molecule has 1 aromatic rings. The Balaban J connectivity index is 1.42. The summed E-state index contributed by atoms with van der Waals surface area (Å²) in [6.45, 7) is 4.04. The number of hydrogen-bond donors (Lipinski definition) is 1. The van der Waals surface area contributed by atoms with E-state index >= 15 is 0 Å². The average Bonchev–Trinajstić information content (AvgIpc) is 3.15. The third-order valence-electron chi connectivity index (χ3n) is 9.77. The molecule has 3 aliphatic carbocycles. The van der Waals surface area contributed by atoms with E-state index in [9.17, 15) is 35.9 Å². The van der Waals surface area contributed by atoms with E-state index in [0.717, 1.165) is 12.8 Å². The monoisotopic (exact) mass is 529 g/mol. The van der Waals surface area contributed by atoms with Gasteiger partial charge in [0.25, 0.3) is 0 Å². The van der Waals surface area contributed by atoms with Gasteiger partial charge in [-0.3, -0.25) is 4.79 Å². The second kappa shape index (κ2) is 8.50. The molecule has 0 bridgehead atoms. The number of ether oxygens (including phenoxy) is 1. The Morgan fingerprint density at radius 2 is 1.59 bits per heavy atom. The van der Waals surface area contributed by atoms with Crippen LogP contribution in [-0.2, 0) is 26.7 Å². The van der Waals surface area contributed by atoms with Crippen LogP contribution in [0, 0.1) is 34.5 Å². The largest absolute Gasteiger partial charge is 0.458 e. The van der Waals surface area contributed by atoms with Gasteiger partial charge in [-0.15, -0.1) is 0 Å². The predicted octanol–water partition coefficient (Wildman–Crippen LogP) is 7.00. The van der Waals surface area contributed by atoms with Crippen LogP contribution in [0.4, 0.5) is 32.0 Å². The maximum absolute atomic E-state index is 13.6. The number of esters is 1. The third kappa shape index (κ3) is 4.14. The first-order chi connectivity index (χ1) is 17.2. The summed E-state index contributed by atoms with van der Waals surface area (Å²) in [5.41, 5.74) is -5.12. The van der Waals surface area contributed by atoms with Crippen LogP contribution in [0.15, 0.2) is 30.4 Å². The lowest BCUT2D eigenvalue weighted by atomic mass is 9.48. The summed E-state index contributed by atoms with van der Waals surface area (Å²) in [6.07, 6.45) is -3.01. The van der Waals surface area contributed by atoms with Crippen LogP contribution in [0.3, 0.4) is 0 Å². The average molecular weight is 530 g/mol. The topological polar surface area (TPSA) is 55.4 Å². The Bertz CT molecular complexity index is 1110. The first-order valence-electron chi connectivity index (χ1n) is 12.6. The fourth-order valence-electron chi connectivity index (χ4n) is 8.00. The molecule has 4 aliphatic rings. The molecule has 1 heterocycles. The number of alkyl halides is 6. The first-order valence-corrected chi connectivity index (χ1v) is 12.6.